The van der Waals surface area contributed by atoms with Crippen molar-refractivity contribution in [2.45, 2.75) is 18.9 Å². The van der Waals surface area contributed by atoms with Gasteiger partial charge in [-0.05, 0) is 43.2 Å². The van der Waals surface area contributed by atoms with E-state index in [1.165, 1.54) is 13.2 Å². The van der Waals surface area contributed by atoms with Gasteiger partial charge in [0, 0.05) is 23.9 Å². The zero-order valence-corrected chi connectivity index (χ0v) is 14.6. The number of methoxy groups -OCH3 is 1. The van der Waals surface area contributed by atoms with Crippen LogP contribution in [-0.2, 0) is 9.47 Å². The second-order valence-electron chi connectivity index (χ2n) is 6.00. The van der Waals surface area contributed by atoms with Crippen LogP contribution in [0.1, 0.15) is 33.6 Å². The van der Waals surface area contributed by atoms with Crippen LogP contribution in [0.4, 0.5) is 5.69 Å². The van der Waals surface area contributed by atoms with Crippen LogP contribution < -0.4 is 10.1 Å². The summed E-state index contributed by atoms with van der Waals surface area (Å²) in [6, 6.07) is 13.6. The zero-order chi connectivity index (χ0) is 18.4. The van der Waals surface area contributed by atoms with Gasteiger partial charge < -0.3 is 19.5 Å². The molecule has 0 aliphatic carbocycles. The van der Waals surface area contributed by atoms with Crippen molar-refractivity contribution in [3.05, 3.63) is 59.7 Å². The van der Waals surface area contributed by atoms with Gasteiger partial charge in [-0.3, -0.25) is 4.79 Å². The lowest BCUT2D eigenvalue weighted by Gasteiger charge is -2.12. The van der Waals surface area contributed by atoms with Crippen LogP contribution in [0, 0.1) is 0 Å². The normalized spacial score (nSPS) is 16.1. The van der Waals surface area contributed by atoms with Gasteiger partial charge in [-0.2, -0.15) is 0 Å². The number of benzene rings is 2. The molecule has 1 saturated heterocycles. The van der Waals surface area contributed by atoms with Crippen molar-refractivity contribution < 1.29 is 23.8 Å². The molecule has 1 amide bonds. The highest BCUT2D eigenvalue weighted by Gasteiger charge is 2.16. The third-order valence-electron chi connectivity index (χ3n) is 4.10. The fourth-order valence-corrected chi connectivity index (χ4v) is 2.74. The Balaban J connectivity index is 1.63. The summed E-state index contributed by atoms with van der Waals surface area (Å²) in [6.07, 6.45) is 2.20. The molecule has 1 N–H and O–H groups in total. The molecule has 2 aromatic rings. The van der Waals surface area contributed by atoms with Gasteiger partial charge in [0.2, 0.25) is 0 Å². The lowest BCUT2D eigenvalue weighted by atomic mass is 10.1. The van der Waals surface area contributed by atoms with Crippen LogP contribution in [-0.4, -0.2) is 38.3 Å². The molecule has 6 nitrogen and oxygen atoms in total. The predicted molar refractivity (Wildman–Crippen MR) is 96.6 cm³/mol. The molecule has 1 atom stereocenters. The Morgan fingerprint density at radius 3 is 2.73 bits per heavy atom. The van der Waals surface area contributed by atoms with Gasteiger partial charge in [0.1, 0.15) is 12.4 Å². The Kier molecular flexibility index (Phi) is 5.86. The quantitative estimate of drug-likeness (QED) is 0.805. The molecule has 6 heteroatoms. The van der Waals surface area contributed by atoms with E-state index in [2.05, 4.69) is 10.1 Å². The van der Waals surface area contributed by atoms with Crippen LogP contribution in [0.3, 0.4) is 0 Å². The first-order valence-electron chi connectivity index (χ1n) is 8.50. The fourth-order valence-electron chi connectivity index (χ4n) is 2.74. The highest BCUT2D eigenvalue weighted by molar-refractivity contribution is 6.05. The molecular formula is C20H21NO5. The molecule has 1 aliphatic rings. The average molecular weight is 355 g/mol. The summed E-state index contributed by atoms with van der Waals surface area (Å²) in [7, 11) is 1.30. The first-order valence-corrected chi connectivity index (χ1v) is 8.50. The maximum atomic E-state index is 12.4. The van der Waals surface area contributed by atoms with E-state index in [-0.39, 0.29) is 12.0 Å². The van der Waals surface area contributed by atoms with Gasteiger partial charge in [-0.1, -0.05) is 12.1 Å². The minimum Gasteiger partial charge on any atom is -0.491 e. The number of hydrogen-bond acceptors (Lipinski definition) is 5. The topological polar surface area (TPSA) is 73.9 Å². The molecule has 2 aromatic carbocycles. The lowest BCUT2D eigenvalue weighted by Crippen LogP contribution is -2.16. The summed E-state index contributed by atoms with van der Waals surface area (Å²) in [5.74, 6) is -0.127. The number of rotatable bonds is 6. The molecule has 1 aliphatic heterocycles. The minimum absolute atomic E-state index is 0.134. The third kappa shape index (κ3) is 4.61. The van der Waals surface area contributed by atoms with E-state index < -0.39 is 5.97 Å². The Morgan fingerprint density at radius 1 is 1.15 bits per heavy atom. The third-order valence-corrected chi connectivity index (χ3v) is 4.10. The second-order valence-corrected chi connectivity index (χ2v) is 6.00. The van der Waals surface area contributed by atoms with Gasteiger partial charge in [-0.15, -0.1) is 0 Å². The van der Waals surface area contributed by atoms with Crippen molar-refractivity contribution in [1.29, 1.82) is 0 Å². The number of nitrogens with one attached hydrogen (secondary N) is 1. The molecule has 1 heterocycles. The number of ether oxygens (including phenoxy) is 3. The standard InChI is InChI=1S/C20H21NO5/c1-24-20(23)15-6-2-5-14(11-15)19(22)21-16-7-3-8-17(12-16)26-13-18-9-4-10-25-18/h2-3,5-8,11-12,18H,4,9-10,13H2,1H3,(H,21,22). The lowest BCUT2D eigenvalue weighted by molar-refractivity contribution is 0.0600. The Hall–Kier alpha value is -2.86. The van der Waals surface area contributed by atoms with E-state index in [4.69, 9.17) is 9.47 Å². The maximum absolute atomic E-state index is 12.4. The van der Waals surface area contributed by atoms with E-state index in [0.29, 0.717) is 29.2 Å². The minimum atomic E-state index is -0.482. The zero-order valence-electron chi connectivity index (χ0n) is 14.6. The van der Waals surface area contributed by atoms with Gasteiger partial charge in [-0.25, -0.2) is 4.79 Å². The molecule has 1 unspecified atom stereocenters. The average Bonchev–Trinajstić information content (AvgIpc) is 3.20. The van der Waals surface area contributed by atoms with Crippen LogP contribution in [0.2, 0.25) is 0 Å². The molecule has 0 bridgehead atoms. The van der Waals surface area contributed by atoms with Crippen LogP contribution in [0.15, 0.2) is 48.5 Å². The van der Waals surface area contributed by atoms with E-state index in [9.17, 15) is 9.59 Å². The number of anilines is 1. The van der Waals surface area contributed by atoms with Crippen LogP contribution in [0.5, 0.6) is 5.75 Å². The fraction of sp³-hybridized carbons (Fsp3) is 0.300. The molecule has 136 valence electrons. The van der Waals surface area contributed by atoms with Crippen molar-refractivity contribution in [2.24, 2.45) is 0 Å². The summed E-state index contributed by atoms with van der Waals surface area (Å²) in [6.45, 7) is 1.29. The largest absolute Gasteiger partial charge is 0.491 e. The molecule has 1 fully saturated rings. The van der Waals surface area contributed by atoms with Crippen molar-refractivity contribution in [3.63, 3.8) is 0 Å². The summed E-state index contributed by atoms with van der Waals surface area (Å²) >= 11 is 0. The van der Waals surface area contributed by atoms with E-state index in [0.717, 1.165) is 19.4 Å². The molecule has 26 heavy (non-hydrogen) atoms. The monoisotopic (exact) mass is 355 g/mol. The number of carbonyl (C=O) groups is 2. The SMILES string of the molecule is COC(=O)c1cccc(C(=O)Nc2cccc(OCC3CCCO3)c2)c1. The Morgan fingerprint density at radius 2 is 1.96 bits per heavy atom. The molecular weight excluding hydrogens is 334 g/mol. The summed E-state index contributed by atoms with van der Waals surface area (Å²) in [5.41, 5.74) is 1.32. The van der Waals surface area contributed by atoms with Crippen LogP contribution in [0.25, 0.3) is 0 Å². The van der Waals surface area contributed by atoms with E-state index in [1.54, 1.807) is 30.3 Å². The highest BCUT2D eigenvalue weighted by Crippen LogP contribution is 2.20. The van der Waals surface area contributed by atoms with Gasteiger partial charge in [0.15, 0.2) is 0 Å². The van der Waals surface area contributed by atoms with Crippen molar-refractivity contribution in [2.75, 3.05) is 25.6 Å². The summed E-state index contributed by atoms with van der Waals surface area (Å²) in [4.78, 5) is 24.0. The second kappa shape index (κ2) is 8.49. The molecule has 3 rings (SSSR count). The molecule has 0 saturated carbocycles. The Labute approximate surface area is 152 Å². The summed E-state index contributed by atoms with van der Waals surface area (Å²) < 4.78 is 16.0. The van der Waals surface area contributed by atoms with Crippen molar-refractivity contribution >= 4 is 17.6 Å². The van der Waals surface area contributed by atoms with Gasteiger partial charge >= 0.3 is 5.97 Å². The summed E-state index contributed by atoms with van der Waals surface area (Å²) in [5, 5.41) is 2.81. The maximum Gasteiger partial charge on any atom is 0.337 e. The van der Waals surface area contributed by atoms with Gasteiger partial charge in [0.05, 0.1) is 18.8 Å². The Bertz CT molecular complexity index is 783. The number of carbonyl (C=O) groups excluding carboxylic acids is 2. The first kappa shape index (κ1) is 17.9. The van der Waals surface area contributed by atoms with Crippen LogP contribution >= 0.6 is 0 Å². The number of esters is 1. The van der Waals surface area contributed by atoms with E-state index in [1.807, 2.05) is 12.1 Å². The van der Waals surface area contributed by atoms with Crippen molar-refractivity contribution in [1.82, 2.24) is 0 Å². The number of hydrogen-bond donors (Lipinski definition) is 1. The molecule has 0 spiro atoms. The number of amides is 1. The highest BCUT2D eigenvalue weighted by atomic mass is 16.5. The molecule has 0 radical (unpaired) electrons. The smallest absolute Gasteiger partial charge is 0.337 e. The predicted octanol–water partition coefficient (Wildman–Crippen LogP) is 3.28. The molecule has 0 aromatic heterocycles. The van der Waals surface area contributed by atoms with Gasteiger partial charge in [0.25, 0.3) is 5.91 Å². The van der Waals surface area contributed by atoms with E-state index >= 15 is 0 Å². The van der Waals surface area contributed by atoms with Crippen molar-refractivity contribution in [3.8, 4) is 5.75 Å². The first-order chi connectivity index (χ1) is 12.7.